The minimum absolute atomic E-state index is 0.204. The molecule has 108 valence electrons. The molecule has 2 rings (SSSR count). The molecule has 1 aromatic carbocycles. The number of hydrogen-bond donors (Lipinski definition) is 1. The lowest BCUT2D eigenvalue weighted by atomic mass is 10.1. The van der Waals surface area contributed by atoms with Gasteiger partial charge < -0.3 is 10.2 Å². The normalized spacial score (nSPS) is 15.4. The molecule has 0 radical (unpaired) electrons. The number of likely N-dealkylation sites (N-methyl/N-ethyl adjacent to an activating group) is 1. The lowest BCUT2D eigenvalue weighted by Gasteiger charge is -2.29. The number of nitrogens with one attached hydrogen (secondary N) is 1. The first-order valence-electron chi connectivity index (χ1n) is 7.07. The predicted molar refractivity (Wildman–Crippen MR) is 82.4 cm³/mol. The topological polar surface area (TPSA) is 35.6 Å². The number of nitrogens with zero attached hydrogens (tertiary/aromatic N) is 2. The number of amides is 1. The van der Waals surface area contributed by atoms with Gasteiger partial charge in [0.05, 0.1) is 6.54 Å². The van der Waals surface area contributed by atoms with Crippen LogP contribution in [0.5, 0.6) is 0 Å². The van der Waals surface area contributed by atoms with E-state index in [1.807, 2.05) is 47.2 Å². The molecule has 1 aliphatic rings. The summed E-state index contributed by atoms with van der Waals surface area (Å²) in [7, 11) is 1.97. The molecule has 1 heterocycles. The van der Waals surface area contributed by atoms with Crippen molar-refractivity contribution in [1.29, 1.82) is 0 Å². The van der Waals surface area contributed by atoms with Crippen molar-refractivity contribution in [2.75, 3.05) is 46.3 Å². The molecule has 0 unspecified atom stereocenters. The zero-order valence-electron chi connectivity index (χ0n) is 12.1. The Bertz CT molecular complexity index is 452. The van der Waals surface area contributed by atoms with E-state index in [1.54, 1.807) is 0 Å². The summed E-state index contributed by atoms with van der Waals surface area (Å²) in [5.74, 6) is 0.204. The summed E-state index contributed by atoms with van der Waals surface area (Å²) >= 11 is 0. The molecule has 0 aromatic heterocycles. The summed E-state index contributed by atoms with van der Waals surface area (Å²) in [6, 6.07) is 10.1. The van der Waals surface area contributed by atoms with Crippen molar-refractivity contribution in [3.63, 3.8) is 0 Å². The summed E-state index contributed by atoms with van der Waals surface area (Å²) in [5.41, 5.74) is 2.18. The molecule has 1 N–H and O–H groups in total. The maximum Gasteiger partial charge on any atom is 0.236 e. The Labute approximate surface area is 121 Å². The highest BCUT2D eigenvalue weighted by Crippen LogP contribution is 2.12. The van der Waals surface area contributed by atoms with E-state index in [9.17, 15) is 4.79 Å². The number of piperazine rings is 1. The number of carbonyl (C=O) groups is 1. The van der Waals surface area contributed by atoms with Crippen LogP contribution in [0.2, 0.25) is 0 Å². The van der Waals surface area contributed by atoms with Gasteiger partial charge in [-0.3, -0.25) is 9.69 Å². The van der Waals surface area contributed by atoms with Gasteiger partial charge in [-0.25, -0.2) is 0 Å². The van der Waals surface area contributed by atoms with Crippen molar-refractivity contribution < 1.29 is 4.79 Å². The molecule has 1 saturated heterocycles. The summed E-state index contributed by atoms with van der Waals surface area (Å²) < 4.78 is 0. The zero-order valence-corrected chi connectivity index (χ0v) is 12.1. The Morgan fingerprint density at radius 3 is 2.55 bits per heavy atom. The van der Waals surface area contributed by atoms with Crippen molar-refractivity contribution in [2.24, 2.45) is 0 Å². The zero-order chi connectivity index (χ0) is 14.4. The van der Waals surface area contributed by atoms with Crippen molar-refractivity contribution >= 4 is 11.5 Å². The summed E-state index contributed by atoms with van der Waals surface area (Å²) in [6.45, 7) is 8.68. The second-order valence-electron chi connectivity index (χ2n) is 5.27. The van der Waals surface area contributed by atoms with E-state index < -0.39 is 0 Å². The summed E-state index contributed by atoms with van der Waals surface area (Å²) in [4.78, 5) is 16.1. The van der Waals surface area contributed by atoms with Crippen LogP contribution in [0.3, 0.4) is 0 Å². The molecule has 0 aliphatic carbocycles. The minimum atomic E-state index is 0.204. The number of carbonyl (C=O) groups excluding carboxylic acids is 1. The molecule has 4 heteroatoms. The summed E-state index contributed by atoms with van der Waals surface area (Å²) in [6.07, 6.45) is 0. The second kappa shape index (κ2) is 7.22. The van der Waals surface area contributed by atoms with Gasteiger partial charge in [0.15, 0.2) is 0 Å². The molecule has 20 heavy (non-hydrogen) atoms. The first-order chi connectivity index (χ1) is 9.66. The Balaban J connectivity index is 1.81. The minimum Gasteiger partial charge on any atom is -0.339 e. The first-order valence-corrected chi connectivity index (χ1v) is 7.07. The third-order valence-electron chi connectivity index (χ3n) is 3.52. The van der Waals surface area contributed by atoms with E-state index in [0.717, 1.165) is 37.3 Å². The Morgan fingerprint density at radius 1 is 1.25 bits per heavy atom. The highest BCUT2D eigenvalue weighted by molar-refractivity contribution is 5.78. The van der Waals surface area contributed by atoms with Gasteiger partial charge in [-0.05, 0) is 18.2 Å². The van der Waals surface area contributed by atoms with E-state index >= 15 is 0 Å². The van der Waals surface area contributed by atoms with Crippen molar-refractivity contribution in [1.82, 2.24) is 15.1 Å². The molecule has 0 saturated carbocycles. The fourth-order valence-corrected chi connectivity index (χ4v) is 2.39. The maximum atomic E-state index is 12.2. The van der Waals surface area contributed by atoms with E-state index in [0.29, 0.717) is 13.1 Å². The van der Waals surface area contributed by atoms with Crippen LogP contribution in [0.4, 0.5) is 0 Å². The van der Waals surface area contributed by atoms with E-state index in [1.165, 1.54) is 0 Å². The Morgan fingerprint density at radius 2 is 1.90 bits per heavy atom. The standard InChI is InChI=1S/C16H23N3O/c1-14(15-6-4-3-5-7-15)12-18(2)13-16(20)19-10-8-17-9-11-19/h3-7,17H,1,8-13H2,2H3. The van der Waals surface area contributed by atoms with Crippen LogP contribution < -0.4 is 5.32 Å². The van der Waals surface area contributed by atoms with E-state index in [4.69, 9.17) is 0 Å². The quantitative estimate of drug-likeness (QED) is 0.871. The van der Waals surface area contributed by atoms with Crippen molar-refractivity contribution in [3.05, 3.63) is 42.5 Å². The van der Waals surface area contributed by atoms with Crippen LogP contribution in [0, 0.1) is 0 Å². The largest absolute Gasteiger partial charge is 0.339 e. The number of benzene rings is 1. The van der Waals surface area contributed by atoms with Crippen LogP contribution in [-0.4, -0.2) is 62.0 Å². The molecule has 1 fully saturated rings. The molecule has 0 atom stereocenters. The van der Waals surface area contributed by atoms with Crippen LogP contribution in [-0.2, 0) is 4.79 Å². The number of hydrogen-bond acceptors (Lipinski definition) is 3. The highest BCUT2D eigenvalue weighted by atomic mass is 16.2. The van der Waals surface area contributed by atoms with Crippen LogP contribution in [0.15, 0.2) is 36.9 Å². The molecular formula is C16H23N3O. The smallest absolute Gasteiger partial charge is 0.236 e. The van der Waals surface area contributed by atoms with Gasteiger partial charge in [-0.1, -0.05) is 36.9 Å². The third kappa shape index (κ3) is 4.18. The second-order valence-corrected chi connectivity index (χ2v) is 5.27. The molecule has 0 bridgehead atoms. The molecule has 1 amide bonds. The average molecular weight is 273 g/mol. The fraction of sp³-hybridized carbons (Fsp3) is 0.438. The van der Waals surface area contributed by atoms with Gasteiger partial charge in [-0.15, -0.1) is 0 Å². The summed E-state index contributed by atoms with van der Waals surface area (Å²) in [5, 5.41) is 3.26. The maximum absolute atomic E-state index is 12.2. The molecule has 4 nitrogen and oxygen atoms in total. The van der Waals surface area contributed by atoms with Gasteiger partial charge >= 0.3 is 0 Å². The number of rotatable bonds is 5. The van der Waals surface area contributed by atoms with Gasteiger partial charge in [0.1, 0.15) is 0 Å². The molecule has 1 aromatic rings. The molecule has 1 aliphatic heterocycles. The van der Waals surface area contributed by atoms with Gasteiger partial charge in [0, 0.05) is 32.7 Å². The monoisotopic (exact) mass is 273 g/mol. The SMILES string of the molecule is C=C(CN(C)CC(=O)N1CCNCC1)c1ccccc1. The lowest BCUT2D eigenvalue weighted by Crippen LogP contribution is -2.49. The first kappa shape index (κ1) is 14.8. The lowest BCUT2D eigenvalue weighted by molar-refractivity contribution is -0.132. The van der Waals surface area contributed by atoms with Crippen molar-refractivity contribution in [3.8, 4) is 0 Å². The van der Waals surface area contributed by atoms with E-state index in [-0.39, 0.29) is 5.91 Å². The van der Waals surface area contributed by atoms with E-state index in [2.05, 4.69) is 11.9 Å². The van der Waals surface area contributed by atoms with Crippen LogP contribution in [0.25, 0.3) is 5.57 Å². The van der Waals surface area contributed by atoms with Gasteiger partial charge in [0.25, 0.3) is 0 Å². The van der Waals surface area contributed by atoms with Crippen LogP contribution in [0.1, 0.15) is 5.56 Å². The fourth-order valence-electron chi connectivity index (χ4n) is 2.39. The third-order valence-corrected chi connectivity index (χ3v) is 3.52. The average Bonchev–Trinajstić information content (AvgIpc) is 2.49. The predicted octanol–water partition coefficient (Wildman–Crippen LogP) is 1.06. The van der Waals surface area contributed by atoms with Crippen LogP contribution >= 0.6 is 0 Å². The highest BCUT2D eigenvalue weighted by Gasteiger charge is 2.17. The Hall–Kier alpha value is -1.65. The Kier molecular flexibility index (Phi) is 5.32. The van der Waals surface area contributed by atoms with Crippen molar-refractivity contribution in [2.45, 2.75) is 0 Å². The van der Waals surface area contributed by atoms with Gasteiger partial charge in [0.2, 0.25) is 5.91 Å². The molecule has 0 spiro atoms. The van der Waals surface area contributed by atoms with Gasteiger partial charge in [-0.2, -0.15) is 0 Å². The molecular weight excluding hydrogens is 250 g/mol.